The average Bonchev–Trinajstić information content (AvgIpc) is 2.41. The van der Waals surface area contributed by atoms with Gasteiger partial charge in [0.25, 0.3) is 0 Å². The smallest absolute Gasteiger partial charge is 0.122 e. The van der Waals surface area contributed by atoms with E-state index in [1.54, 1.807) is 12.4 Å². The Morgan fingerprint density at radius 2 is 2.44 bits per heavy atom. The summed E-state index contributed by atoms with van der Waals surface area (Å²) in [5.41, 5.74) is 0.981. The summed E-state index contributed by atoms with van der Waals surface area (Å²) in [6.45, 7) is 2.77. The minimum Gasteiger partial charge on any atom is -0.378 e. The number of likely N-dealkylation sites (N-methyl/N-ethyl adjacent to an activating group) is 1. The van der Waals surface area contributed by atoms with Crippen LogP contribution >= 0.6 is 12.2 Å². The number of thiocarbonyl (C=S) groups is 1. The molecule has 0 amide bonds. The molecule has 1 aromatic heterocycles. The molecule has 98 valence electrons. The molecule has 5 heteroatoms. The molecule has 0 bridgehead atoms. The van der Waals surface area contributed by atoms with Gasteiger partial charge in [0.2, 0.25) is 0 Å². The Morgan fingerprint density at radius 3 is 3.06 bits per heavy atom. The van der Waals surface area contributed by atoms with Gasteiger partial charge in [0.1, 0.15) is 4.75 Å². The van der Waals surface area contributed by atoms with Crippen molar-refractivity contribution in [3.63, 3.8) is 0 Å². The standard InChI is InChI=1S/C13H18N2OS2/c1-2-15-12(17)13(7-3-4-9-18(13)16)11-6-5-8-14-10-11/h5-6,8,10H,2-4,7,9H2,1H3,(H,15,17)/t13-,18?/m1/s1. The Balaban J connectivity index is 2.45. The number of aromatic nitrogens is 1. The van der Waals surface area contributed by atoms with Crippen LogP contribution in [0.1, 0.15) is 31.7 Å². The minimum absolute atomic E-state index is 0.530. The van der Waals surface area contributed by atoms with E-state index in [4.69, 9.17) is 12.2 Å². The number of nitrogens with one attached hydrogen (secondary N) is 1. The molecule has 1 fully saturated rings. The lowest BCUT2D eigenvalue weighted by Crippen LogP contribution is -2.48. The van der Waals surface area contributed by atoms with Gasteiger partial charge in [-0.2, -0.15) is 0 Å². The molecule has 1 N–H and O–H groups in total. The molecular formula is C13H18N2OS2. The molecule has 2 rings (SSSR count). The zero-order chi connectivity index (χ0) is 13.0. The third-order valence-electron chi connectivity index (χ3n) is 3.33. The Labute approximate surface area is 116 Å². The topological polar surface area (TPSA) is 42.0 Å². The molecule has 1 aliphatic rings. The van der Waals surface area contributed by atoms with Crippen LogP contribution in [0.15, 0.2) is 24.5 Å². The summed E-state index contributed by atoms with van der Waals surface area (Å²) in [7, 11) is -0.963. The fourth-order valence-electron chi connectivity index (χ4n) is 2.42. The van der Waals surface area contributed by atoms with Gasteiger partial charge < -0.3 is 5.32 Å². The van der Waals surface area contributed by atoms with Crippen molar-refractivity contribution in [2.75, 3.05) is 12.3 Å². The van der Waals surface area contributed by atoms with Crippen LogP contribution in [0.25, 0.3) is 0 Å². The molecule has 18 heavy (non-hydrogen) atoms. The van der Waals surface area contributed by atoms with E-state index >= 15 is 0 Å². The fourth-order valence-corrected chi connectivity index (χ4v) is 4.92. The van der Waals surface area contributed by atoms with E-state index in [9.17, 15) is 4.21 Å². The van der Waals surface area contributed by atoms with Crippen molar-refractivity contribution in [3.05, 3.63) is 30.1 Å². The van der Waals surface area contributed by atoms with Gasteiger partial charge in [-0.3, -0.25) is 9.19 Å². The first kappa shape index (κ1) is 13.6. The highest BCUT2D eigenvalue weighted by Crippen LogP contribution is 2.38. The summed E-state index contributed by atoms with van der Waals surface area (Å²) >= 11 is 5.51. The fraction of sp³-hybridized carbons (Fsp3) is 0.538. The highest BCUT2D eigenvalue weighted by Gasteiger charge is 2.44. The van der Waals surface area contributed by atoms with E-state index in [1.165, 1.54) is 0 Å². The summed E-state index contributed by atoms with van der Waals surface area (Å²) in [5.74, 6) is 0.723. The van der Waals surface area contributed by atoms with Gasteiger partial charge in [-0.1, -0.05) is 24.7 Å². The van der Waals surface area contributed by atoms with Crippen LogP contribution < -0.4 is 5.32 Å². The third-order valence-corrected chi connectivity index (χ3v) is 6.03. The normalized spacial score (nSPS) is 27.7. The lowest BCUT2D eigenvalue weighted by Gasteiger charge is -2.37. The van der Waals surface area contributed by atoms with E-state index < -0.39 is 15.5 Å². The van der Waals surface area contributed by atoms with E-state index in [0.29, 0.717) is 4.99 Å². The zero-order valence-corrected chi connectivity index (χ0v) is 12.1. The van der Waals surface area contributed by atoms with Gasteiger partial charge in [0, 0.05) is 35.5 Å². The zero-order valence-electron chi connectivity index (χ0n) is 10.5. The lowest BCUT2D eigenvalue weighted by atomic mass is 9.93. The molecule has 1 saturated heterocycles. The van der Waals surface area contributed by atoms with Crippen molar-refractivity contribution < 1.29 is 4.21 Å². The third kappa shape index (κ3) is 2.34. The van der Waals surface area contributed by atoms with Crippen LogP contribution in [0.5, 0.6) is 0 Å². The van der Waals surface area contributed by atoms with Crippen LogP contribution in [-0.4, -0.2) is 26.5 Å². The van der Waals surface area contributed by atoms with Gasteiger partial charge in [0.05, 0.1) is 4.99 Å². The Kier molecular flexibility index (Phi) is 4.45. The molecule has 1 aromatic rings. The monoisotopic (exact) mass is 282 g/mol. The van der Waals surface area contributed by atoms with Gasteiger partial charge in [0.15, 0.2) is 0 Å². The summed E-state index contributed by atoms with van der Waals surface area (Å²) in [6, 6.07) is 3.87. The van der Waals surface area contributed by atoms with Gasteiger partial charge in [-0.25, -0.2) is 0 Å². The maximum Gasteiger partial charge on any atom is 0.122 e. The van der Waals surface area contributed by atoms with Crippen LogP contribution in [0, 0.1) is 0 Å². The molecule has 3 nitrogen and oxygen atoms in total. The summed E-state index contributed by atoms with van der Waals surface area (Å²) in [6.07, 6.45) is 6.46. The van der Waals surface area contributed by atoms with Crippen molar-refractivity contribution in [2.24, 2.45) is 0 Å². The highest BCUT2D eigenvalue weighted by molar-refractivity contribution is 7.90. The predicted octanol–water partition coefficient (Wildman–Crippen LogP) is 2.15. The SMILES string of the molecule is CCNC(=S)[C@]1(c2cccnc2)CCCCS1=O. The van der Waals surface area contributed by atoms with E-state index in [0.717, 1.165) is 37.1 Å². The first-order chi connectivity index (χ1) is 8.71. The van der Waals surface area contributed by atoms with Crippen molar-refractivity contribution in [1.29, 1.82) is 0 Å². The number of hydrogen-bond acceptors (Lipinski definition) is 3. The van der Waals surface area contributed by atoms with E-state index in [1.807, 2.05) is 19.1 Å². The van der Waals surface area contributed by atoms with Gasteiger partial charge in [-0.15, -0.1) is 0 Å². The number of rotatable bonds is 3. The second kappa shape index (κ2) is 5.89. The molecule has 0 saturated carbocycles. The first-order valence-electron chi connectivity index (χ1n) is 6.29. The molecule has 2 atom stereocenters. The summed E-state index contributed by atoms with van der Waals surface area (Å²) in [4.78, 5) is 4.86. The second-order valence-electron chi connectivity index (χ2n) is 4.43. The summed E-state index contributed by atoms with van der Waals surface area (Å²) < 4.78 is 12.1. The van der Waals surface area contributed by atoms with Crippen LogP contribution in [-0.2, 0) is 15.5 Å². The molecule has 0 aromatic carbocycles. The van der Waals surface area contributed by atoms with Crippen molar-refractivity contribution in [2.45, 2.75) is 30.9 Å². The Morgan fingerprint density at radius 1 is 1.61 bits per heavy atom. The molecule has 0 aliphatic carbocycles. The molecule has 1 unspecified atom stereocenters. The first-order valence-corrected chi connectivity index (χ1v) is 8.02. The molecule has 0 spiro atoms. The van der Waals surface area contributed by atoms with Gasteiger partial charge >= 0.3 is 0 Å². The van der Waals surface area contributed by atoms with Crippen molar-refractivity contribution in [1.82, 2.24) is 10.3 Å². The highest BCUT2D eigenvalue weighted by atomic mass is 32.2. The van der Waals surface area contributed by atoms with E-state index in [2.05, 4.69) is 10.3 Å². The van der Waals surface area contributed by atoms with Crippen LogP contribution in [0.4, 0.5) is 0 Å². The quantitative estimate of drug-likeness (QED) is 0.863. The number of nitrogens with zero attached hydrogens (tertiary/aromatic N) is 1. The minimum atomic E-state index is -0.963. The second-order valence-corrected chi connectivity index (χ2v) is 6.64. The average molecular weight is 282 g/mol. The lowest BCUT2D eigenvalue weighted by molar-refractivity contribution is 0.571. The maximum absolute atomic E-state index is 12.6. The van der Waals surface area contributed by atoms with Crippen LogP contribution in [0.3, 0.4) is 0 Å². The Hall–Kier alpha value is -0.810. The largest absolute Gasteiger partial charge is 0.378 e. The molecule has 2 heterocycles. The van der Waals surface area contributed by atoms with Crippen molar-refractivity contribution in [3.8, 4) is 0 Å². The molecule has 1 aliphatic heterocycles. The number of pyridine rings is 1. The predicted molar refractivity (Wildman–Crippen MR) is 79.1 cm³/mol. The summed E-state index contributed by atoms with van der Waals surface area (Å²) in [5, 5.41) is 3.20. The van der Waals surface area contributed by atoms with Gasteiger partial charge in [-0.05, 0) is 31.4 Å². The molecular weight excluding hydrogens is 264 g/mol. The van der Waals surface area contributed by atoms with E-state index in [-0.39, 0.29) is 0 Å². The number of hydrogen-bond donors (Lipinski definition) is 1. The maximum atomic E-state index is 12.6. The van der Waals surface area contributed by atoms with Crippen LogP contribution in [0.2, 0.25) is 0 Å². The molecule has 0 radical (unpaired) electrons. The Bertz CT molecular complexity index is 450. The van der Waals surface area contributed by atoms with Crippen molar-refractivity contribution >= 4 is 28.0 Å².